The Labute approximate surface area is 101 Å². The van der Waals surface area contributed by atoms with Crippen LogP contribution in [0.2, 0.25) is 5.15 Å². The third-order valence-corrected chi connectivity index (χ3v) is 3.11. The molecule has 0 aliphatic carbocycles. The summed E-state index contributed by atoms with van der Waals surface area (Å²) in [6.07, 6.45) is 0.913. The van der Waals surface area contributed by atoms with E-state index in [0.29, 0.717) is 0 Å². The number of hydrogen-bond donors (Lipinski definition) is 0. The second kappa shape index (κ2) is 4.30. The van der Waals surface area contributed by atoms with Crippen LogP contribution in [0.25, 0.3) is 5.69 Å². The fourth-order valence-corrected chi connectivity index (χ4v) is 2.27. The minimum absolute atomic E-state index is 0.727. The second-order valence-electron chi connectivity index (χ2n) is 3.96. The van der Waals surface area contributed by atoms with Crippen LogP contribution in [0.3, 0.4) is 0 Å². The Bertz CT molecular complexity index is 515. The maximum Gasteiger partial charge on any atom is 0.136 e. The van der Waals surface area contributed by atoms with Gasteiger partial charge in [-0.2, -0.15) is 5.10 Å². The van der Waals surface area contributed by atoms with Crippen LogP contribution in [0, 0.1) is 13.8 Å². The first-order chi connectivity index (χ1) is 7.63. The van der Waals surface area contributed by atoms with Gasteiger partial charge in [0, 0.05) is 5.56 Å². The first kappa shape index (κ1) is 11.2. The predicted molar refractivity (Wildman–Crippen MR) is 67.4 cm³/mol. The van der Waals surface area contributed by atoms with Crippen molar-refractivity contribution in [3.8, 4) is 5.69 Å². The Kier molecular flexibility index (Phi) is 3.01. The van der Waals surface area contributed by atoms with Crippen LogP contribution in [0.1, 0.15) is 23.7 Å². The SMILES string of the molecule is CCc1c(C)nn(-c2cccc(C)c2)c1Cl. The van der Waals surface area contributed by atoms with E-state index in [1.807, 2.05) is 23.7 Å². The van der Waals surface area contributed by atoms with Crippen LogP contribution in [0.15, 0.2) is 24.3 Å². The van der Waals surface area contributed by atoms with Gasteiger partial charge in [-0.25, -0.2) is 4.68 Å². The minimum Gasteiger partial charge on any atom is -0.222 e. The van der Waals surface area contributed by atoms with Crippen molar-refractivity contribution < 1.29 is 0 Å². The van der Waals surface area contributed by atoms with Gasteiger partial charge in [0.05, 0.1) is 11.4 Å². The number of halogens is 1. The zero-order valence-corrected chi connectivity index (χ0v) is 10.5. The molecule has 1 aromatic carbocycles. The fraction of sp³-hybridized carbons (Fsp3) is 0.308. The highest BCUT2D eigenvalue weighted by atomic mass is 35.5. The summed E-state index contributed by atoms with van der Waals surface area (Å²) in [4.78, 5) is 0. The lowest BCUT2D eigenvalue weighted by molar-refractivity contribution is 0.862. The van der Waals surface area contributed by atoms with Gasteiger partial charge in [-0.05, 0) is 38.0 Å². The van der Waals surface area contributed by atoms with Crippen LogP contribution >= 0.6 is 11.6 Å². The third kappa shape index (κ3) is 1.85. The Morgan fingerprint density at radius 2 is 2.06 bits per heavy atom. The van der Waals surface area contributed by atoms with Crippen molar-refractivity contribution in [1.29, 1.82) is 0 Å². The normalized spacial score (nSPS) is 10.8. The zero-order valence-electron chi connectivity index (χ0n) is 9.79. The average Bonchev–Trinajstić information content (AvgIpc) is 2.54. The molecule has 0 amide bonds. The molecule has 1 heterocycles. The summed E-state index contributed by atoms with van der Waals surface area (Å²) in [5, 5.41) is 5.20. The predicted octanol–water partition coefficient (Wildman–Crippen LogP) is 3.70. The topological polar surface area (TPSA) is 17.8 Å². The zero-order chi connectivity index (χ0) is 11.7. The Morgan fingerprint density at radius 1 is 1.31 bits per heavy atom. The largest absolute Gasteiger partial charge is 0.222 e. The maximum atomic E-state index is 6.32. The van der Waals surface area contributed by atoms with Gasteiger partial charge in [0.25, 0.3) is 0 Å². The van der Waals surface area contributed by atoms with E-state index in [2.05, 4.69) is 31.1 Å². The van der Waals surface area contributed by atoms with Crippen molar-refractivity contribution in [1.82, 2.24) is 9.78 Å². The highest BCUT2D eigenvalue weighted by Crippen LogP contribution is 2.24. The van der Waals surface area contributed by atoms with Crippen molar-refractivity contribution in [2.45, 2.75) is 27.2 Å². The minimum atomic E-state index is 0.727. The van der Waals surface area contributed by atoms with Gasteiger partial charge < -0.3 is 0 Å². The molecule has 0 bridgehead atoms. The molecule has 0 atom stereocenters. The van der Waals surface area contributed by atoms with E-state index in [1.54, 1.807) is 0 Å². The lowest BCUT2D eigenvalue weighted by Gasteiger charge is -2.04. The monoisotopic (exact) mass is 234 g/mol. The smallest absolute Gasteiger partial charge is 0.136 e. The maximum absolute atomic E-state index is 6.32. The van der Waals surface area contributed by atoms with Gasteiger partial charge in [-0.3, -0.25) is 0 Å². The van der Waals surface area contributed by atoms with E-state index in [-0.39, 0.29) is 0 Å². The van der Waals surface area contributed by atoms with E-state index in [9.17, 15) is 0 Å². The van der Waals surface area contributed by atoms with Crippen molar-refractivity contribution in [2.24, 2.45) is 0 Å². The van der Waals surface area contributed by atoms with Gasteiger partial charge >= 0.3 is 0 Å². The first-order valence-corrected chi connectivity index (χ1v) is 5.82. The molecular formula is C13H15ClN2. The summed E-state index contributed by atoms with van der Waals surface area (Å²) in [7, 11) is 0. The third-order valence-electron chi connectivity index (χ3n) is 2.72. The molecular weight excluding hydrogens is 220 g/mol. The van der Waals surface area contributed by atoms with Crippen molar-refractivity contribution >= 4 is 11.6 Å². The Hall–Kier alpha value is -1.28. The van der Waals surface area contributed by atoms with Gasteiger partial charge in [0.15, 0.2) is 0 Å². The lowest BCUT2D eigenvalue weighted by Crippen LogP contribution is -1.97. The van der Waals surface area contributed by atoms with Gasteiger partial charge in [-0.15, -0.1) is 0 Å². The van der Waals surface area contributed by atoms with Crippen LogP contribution < -0.4 is 0 Å². The second-order valence-corrected chi connectivity index (χ2v) is 4.32. The first-order valence-electron chi connectivity index (χ1n) is 5.44. The molecule has 0 radical (unpaired) electrons. The number of rotatable bonds is 2. The standard InChI is InChI=1S/C13H15ClN2/c1-4-12-10(3)15-16(13(12)14)11-7-5-6-9(2)8-11/h5-8H,4H2,1-3H3. The molecule has 0 N–H and O–H groups in total. The van der Waals surface area contributed by atoms with Crippen LogP contribution in [0.4, 0.5) is 0 Å². The van der Waals surface area contributed by atoms with Crippen LogP contribution in [-0.4, -0.2) is 9.78 Å². The van der Waals surface area contributed by atoms with E-state index >= 15 is 0 Å². The van der Waals surface area contributed by atoms with E-state index < -0.39 is 0 Å². The number of nitrogens with zero attached hydrogens (tertiary/aromatic N) is 2. The molecule has 0 aliphatic heterocycles. The molecule has 84 valence electrons. The molecule has 2 nitrogen and oxygen atoms in total. The summed E-state index contributed by atoms with van der Waals surface area (Å²) in [6.45, 7) is 6.15. The highest BCUT2D eigenvalue weighted by molar-refractivity contribution is 6.30. The van der Waals surface area contributed by atoms with Crippen LogP contribution in [-0.2, 0) is 6.42 Å². The molecule has 0 aliphatic rings. The Balaban J connectivity index is 2.56. The number of aryl methyl sites for hydroxylation is 2. The van der Waals surface area contributed by atoms with E-state index in [4.69, 9.17) is 11.6 Å². The molecule has 0 saturated heterocycles. The quantitative estimate of drug-likeness (QED) is 0.775. The van der Waals surface area contributed by atoms with Gasteiger partial charge in [0.1, 0.15) is 5.15 Å². The highest BCUT2D eigenvalue weighted by Gasteiger charge is 2.12. The van der Waals surface area contributed by atoms with Crippen molar-refractivity contribution in [3.63, 3.8) is 0 Å². The molecule has 3 heteroatoms. The number of benzene rings is 1. The fourth-order valence-electron chi connectivity index (χ4n) is 1.86. The Morgan fingerprint density at radius 3 is 2.62 bits per heavy atom. The van der Waals surface area contributed by atoms with E-state index in [0.717, 1.165) is 28.5 Å². The number of aromatic nitrogens is 2. The molecule has 0 fully saturated rings. The van der Waals surface area contributed by atoms with Gasteiger partial charge in [0.2, 0.25) is 0 Å². The molecule has 2 aromatic rings. The summed E-state index contributed by atoms with van der Waals surface area (Å²) in [6, 6.07) is 8.18. The molecule has 1 aromatic heterocycles. The molecule has 2 rings (SSSR count). The summed E-state index contributed by atoms with van der Waals surface area (Å²) < 4.78 is 1.81. The number of hydrogen-bond acceptors (Lipinski definition) is 1. The molecule has 0 unspecified atom stereocenters. The summed E-state index contributed by atoms with van der Waals surface area (Å²) in [5.41, 5.74) is 4.37. The lowest BCUT2D eigenvalue weighted by atomic mass is 10.2. The summed E-state index contributed by atoms with van der Waals surface area (Å²) >= 11 is 6.32. The van der Waals surface area contributed by atoms with Gasteiger partial charge in [-0.1, -0.05) is 30.7 Å². The summed E-state index contributed by atoms with van der Waals surface area (Å²) in [5.74, 6) is 0. The van der Waals surface area contributed by atoms with Crippen molar-refractivity contribution in [2.75, 3.05) is 0 Å². The van der Waals surface area contributed by atoms with E-state index in [1.165, 1.54) is 5.56 Å². The van der Waals surface area contributed by atoms with Crippen LogP contribution in [0.5, 0.6) is 0 Å². The average molecular weight is 235 g/mol. The molecule has 16 heavy (non-hydrogen) atoms. The molecule has 0 spiro atoms. The van der Waals surface area contributed by atoms with Crippen molar-refractivity contribution in [3.05, 3.63) is 46.2 Å². The molecule has 0 saturated carbocycles.